The Morgan fingerprint density at radius 3 is 2.44 bits per heavy atom. The molecule has 0 unspecified atom stereocenters. The van der Waals surface area contributed by atoms with Crippen LogP contribution in [-0.4, -0.2) is 26.3 Å². The van der Waals surface area contributed by atoms with Crippen LogP contribution in [-0.2, 0) is 4.74 Å². The van der Waals surface area contributed by atoms with Crippen LogP contribution < -0.4 is 9.47 Å². The van der Waals surface area contributed by atoms with Crippen LogP contribution in [0.2, 0.25) is 0 Å². The number of unbranched alkanes of at least 4 members (excludes halogenated alkanes) is 1. The SMILES string of the molecule is CCCCOc1cccc(OCOC)c1C(C)=O. The van der Waals surface area contributed by atoms with Gasteiger partial charge in [-0.3, -0.25) is 4.79 Å². The topological polar surface area (TPSA) is 44.8 Å². The summed E-state index contributed by atoms with van der Waals surface area (Å²) >= 11 is 0. The van der Waals surface area contributed by atoms with Gasteiger partial charge in [-0.15, -0.1) is 0 Å². The molecule has 0 radical (unpaired) electrons. The van der Waals surface area contributed by atoms with Crippen molar-refractivity contribution >= 4 is 5.78 Å². The Labute approximate surface area is 108 Å². The lowest BCUT2D eigenvalue weighted by Crippen LogP contribution is -2.07. The van der Waals surface area contributed by atoms with Crippen LogP contribution in [0, 0.1) is 0 Å². The Balaban J connectivity index is 2.90. The normalized spacial score (nSPS) is 10.2. The van der Waals surface area contributed by atoms with Gasteiger partial charge < -0.3 is 14.2 Å². The molecule has 0 amide bonds. The number of ketones is 1. The third-order valence-corrected chi connectivity index (χ3v) is 2.43. The molecule has 0 aliphatic rings. The van der Waals surface area contributed by atoms with Gasteiger partial charge in [0.2, 0.25) is 0 Å². The van der Waals surface area contributed by atoms with Crippen LogP contribution in [0.4, 0.5) is 0 Å². The molecule has 0 spiro atoms. The molecular weight excluding hydrogens is 232 g/mol. The molecule has 0 heterocycles. The first-order valence-electron chi connectivity index (χ1n) is 6.09. The smallest absolute Gasteiger partial charge is 0.188 e. The van der Waals surface area contributed by atoms with Crippen molar-refractivity contribution in [1.29, 1.82) is 0 Å². The summed E-state index contributed by atoms with van der Waals surface area (Å²) in [6.07, 6.45) is 2.01. The average molecular weight is 252 g/mol. The Hall–Kier alpha value is -1.55. The molecule has 0 aliphatic carbocycles. The number of methoxy groups -OCH3 is 1. The molecule has 100 valence electrons. The van der Waals surface area contributed by atoms with Gasteiger partial charge >= 0.3 is 0 Å². The molecule has 0 saturated carbocycles. The summed E-state index contributed by atoms with van der Waals surface area (Å²) in [6.45, 7) is 4.30. The first-order chi connectivity index (χ1) is 8.70. The molecule has 0 N–H and O–H groups in total. The lowest BCUT2D eigenvalue weighted by atomic mass is 10.1. The average Bonchev–Trinajstić information content (AvgIpc) is 2.36. The van der Waals surface area contributed by atoms with Crippen LogP contribution in [0.25, 0.3) is 0 Å². The van der Waals surface area contributed by atoms with Gasteiger partial charge in [-0.05, 0) is 25.5 Å². The second kappa shape index (κ2) is 7.71. The molecule has 18 heavy (non-hydrogen) atoms. The third kappa shape index (κ3) is 4.04. The van der Waals surface area contributed by atoms with Gasteiger partial charge in [0.15, 0.2) is 12.6 Å². The predicted molar refractivity (Wildman–Crippen MR) is 69.4 cm³/mol. The van der Waals surface area contributed by atoms with Gasteiger partial charge in [0.05, 0.1) is 6.61 Å². The van der Waals surface area contributed by atoms with E-state index in [0.29, 0.717) is 23.7 Å². The molecule has 0 fully saturated rings. The highest BCUT2D eigenvalue weighted by molar-refractivity contribution is 5.99. The zero-order valence-electron chi connectivity index (χ0n) is 11.2. The fourth-order valence-corrected chi connectivity index (χ4v) is 1.55. The van der Waals surface area contributed by atoms with E-state index in [4.69, 9.17) is 14.2 Å². The van der Waals surface area contributed by atoms with E-state index < -0.39 is 0 Å². The van der Waals surface area contributed by atoms with Gasteiger partial charge in [0.25, 0.3) is 0 Å². The third-order valence-electron chi connectivity index (χ3n) is 2.43. The lowest BCUT2D eigenvalue weighted by Gasteiger charge is -2.13. The quantitative estimate of drug-likeness (QED) is 0.405. The van der Waals surface area contributed by atoms with E-state index >= 15 is 0 Å². The molecule has 0 saturated heterocycles. The Kier molecular flexibility index (Phi) is 6.22. The second-order valence-electron chi connectivity index (χ2n) is 3.94. The largest absolute Gasteiger partial charge is 0.493 e. The molecule has 0 aromatic heterocycles. The van der Waals surface area contributed by atoms with E-state index in [-0.39, 0.29) is 12.6 Å². The maximum absolute atomic E-state index is 11.7. The van der Waals surface area contributed by atoms with Crippen molar-refractivity contribution in [2.24, 2.45) is 0 Å². The summed E-state index contributed by atoms with van der Waals surface area (Å²) in [5, 5.41) is 0. The molecule has 1 aromatic rings. The Bertz CT molecular complexity index is 387. The highest BCUT2D eigenvalue weighted by Crippen LogP contribution is 2.29. The van der Waals surface area contributed by atoms with Crippen molar-refractivity contribution < 1.29 is 19.0 Å². The van der Waals surface area contributed by atoms with Crippen LogP contribution >= 0.6 is 0 Å². The number of Topliss-reactive ketones (excluding diaryl/α,β-unsaturated/α-hetero) is 1. The fourth-order valence-electron chi connectivity index (χ4n) is 1.55. The molecule has 0 aliphatic heterocycles. The molecule has 0 bridgehead atoms. The van der Waals surface area contributed by atoms with E-state index in [1.165, 1.54) is 14.0 Å². The second-order valence-corrected chi connectivity index (χ2v) is 3.94. The minimum atomic E-state index is -0.0757. The van der Waals surface area contributed by atoms with Crippen molar-refractivity contribution in [3.63, 3.8) is 0 Å². The van der Waals surface area contributed by atoms with Crippen molar-refractivity contribution in [3.8, 4) is 11.5 Å². The van der Waals surface area contributed by atoms with Gasteiger partial charge in [-0.25, -0.2) is 0 Å². The van der Waals surface area contributed by atoms with Crippen LogP contribution in [0.5, 0.6) is 11.5 Å². The molecular formula is C14H20O4. The van der Waals surface area contributed by atoms with E-state index in [0.717, 1.165) is 12.8 Å². The first kappa shape index (κ1) is 14.5. The number of hydrogen-bond acceptors (Lipinski definition) is 4. The Morgan fingerprint density at radius 1 is 1.22 bits per heavy atom. The molecule has 4 heteroatoms. The summed E-state index contributed by atoms with van der Waals surface area (Å²) < 4.78 is 15.8. The first-order valence-corrected chi connectivity index (χ1v) is 6.09. The summed E-state index contributed by atoms with van der Waals surface area (Å²) in [5.41, 5.74) is 0.477. The number of ether oxygens (including phenoxy) is 3. The number of carbonyl (C=O) groups excluding carboxylic acids is 1. The van der Waals surface area contributed by atoms with E-state index in [2.05, 4.69) is 6.92 Å². The van der Waals surface area contributed by atoms with Gasteiger partial charge in [0.1, 0.15) is 17.1 Å². The zero-order chi connectivity index (χ0) is 13.4. The summed E-state index contributed by atoms with van der Waals surface area (Å²) in [5.74, 6) is 0.996. The predicted octanol–water partition coefficient (Wildman–Crippen LogP) is 3.05. The monoisotopic (exact) mass is 252 g/mol. The maximum Gasteiger partial charge on any atom is 0.188 e. The highest BCUT2D eigenvalue weighted by atomic mass is 16.7. The number of hydrogen-bond donors (Lipinski definition) is 0. The summed E-state index contributed by atoms with van der Waals surface area (Å²) in [6, 6.07) is 5.33. The van der Waals surface area contributed by atoms with E-state index in [1.807, 2.05) is 0 Å². The van der Waals surface area contributed by atoms with Gasteiger partial charge in [-0.1, -0.05) is 19.4 Å². The standard InChI is InChI=1S/C14H20O4/c1-4-5-9-17-12-7-6-8-13(18-10-16-3)14(12)11(2)15/h6-8H,4-5,9-10H2,1-3H3. The lowest BCUT2D eigenvalue weighted by molar-refractivity contribution is 0.0500. The highest BCUT2D eigenvalue weighted by Gasteiger charge is 2.15. The number of rotatable bonds is 8. The number of carbonyl (C=O) groups is 1. The molecule has 4 nitrogen and oxygen atoms in total. The van der Waals surface area contributed by atoms with Crippen molar-refractivity contribution in [3.05, 3.63) is 23.8 Å². The molecule has 1 rings (SSSR count). The van der Waals surface area contributed by atoms with Crippen LogP contribution in [0.1, 0.15) is 37.0 Å². The van der Waals surface area contributed by atoms with Crippen LogP contribution in [0.15, 0.2) is 18.2 Å². The van der Waals surface area contributed by atoms with Gasteiger partial charge in [-0.2, -0.15) is 0 Å². The maximum atomic E-state index is 11.7. The summed E-state index contributed by atoms with van der Waals surface area (Å²) in [7, 11) is 1.54. The molecule has 1 aromatic carbocycles. The summed E-state index contributed by atoms with van der Waals surface area (Å²) in [4.78, 5) is 11.7. The minimum Gasteiger partial charge on any atom is -0.493 e. The van der Waals surface area contributed by atoms with Crippen molar-refractivity contribution in [2.75, 3.05) is 20.5 Å². The Morgan fingerprint density at radius 2 is 1.89 bits per heavy atom. The number of benzene rings is 1. The zero-order valence-corrected chi connectivity index (χ0v) is 11.2. The van der Waals surface area contributed by atoms with Crippen molar-refractivity contribution in [2.45, 2.75) is 26.7 Å². The van der Waals surface area contributed by atoms with E-state index in [1.54, 1.807) is 18.2 Å². The fraction of sp³-hybridized carbons (Fsp3) is 0.500. The van der Waals surface area contributed by atoms with Crippen molar-refractivity contribution in [1.82, 2.24) is 0 Å². The molecule has 0 atom stereocenters. The van der Waals surface area contributed by atoms with Crippen LogP contribution in [0.3, 0.4) is 0 Å². The van der Waals surface area contributed by atoms with E-state index in [9.17, 15) is 4.79 Å². The van der Waals surface area contributed by atoms with Gasteiger partial charge in [0, 0.05) is 7.11 Å². The minimum absolute atomic E-state index is 0.0757.